The number of likely N-dealkylation sites (tertiary alicyclic amines) is 1. The van der Waals surface area contributed by atoms with Crippen LogP contribution in [0.25, 0.3) is 11.1 Å². The summed E-state index contributed by atoms with van der Waals surface area (Å²) < 4.78 is 39.2. The van der Waals surface area contributed by atoms with Crippen LogP contribution in [0.5, 0.6) is 0 Å². The van der Waals surface area contributed by atoms with Gasteiger partial charge < -0.3 is 0 Å². The third kappa shape index (κ3) is 4.06. The van der Waals surface area contributed by atoms with Crippen LogP contribution in [0.1, 0.15) is 40.2 Å². The lowest BCUT2D eigenvalue weighted by molar-refractivity contribution is -0.137. The molecular weight excluding hydrogens is 431 g/mol. The van der Waals surface area contributed by atoms with E-state index in [-0.39, 0.29) is 5.02 Å². The summed E-state index contributed by atoms with van der Waals surface area (Å²) in [5.41, 5.74) is 6.13. The van der Waals surface area contributed by atoms with E-state index < -0.39 is 11.7 Å². The molecule has 3 aromatic rings. The van der Waals surface area contributed by atoms with Gasteiger partial charge in [-0.05, 0) is 72.2 Å². The normalized spacial score (nSPS) is 20.8. The van der Waals surface area contributed by atoms with E-state index in [9.17, 15) is 13.2 Å². The minimum atomic E-state index is -4.40. The fourth-order valence-corrected chi connectivity index (χ4v) is 5.74. The molecule has 1 fully saturated rings. The summed E-state index contributed by atoms with van der Waals surface area (Å²) in [6, 6.07) is 18.4. The summed E-state index contributed by atoms with van der Waals surface area (Å²) in [7, 11) is 0. The van der Waals surface area contributed by atoms with Gasteiger partial charge in [0.15, 0.2) is 0 Å². The molecule has 2 aliphatic rings. The van der Waals surface area contributed by atoms with Gasteiger partial charge in [0.25, 0.3) is 0 Å². The third-order valence-corrected chi connectivity index (χ3v) is 7.38. The zero-order valence-corrected chi connectivity index (χ0v) is 18.7. The summed E-state index contributed by atoms with van der Waals surface area (Å²) in [6.07, 6.45) is -2.14. The van der Waals surface area contributed by atoms with Gasteiger partial charge in [0.2, 0.25) is 0 Å². The van der Waals surface area contributed by atoms with E-state index in [4.69, 9.17) is 11.6 Å². The van der Waals surface area contributed by atoms with Gasteiger partial charge in [-0.15, -0.1) is 0 Å². The molecule has 0 bridgehead atoms. The number of hydrogen-bond acceptors (Lipinski definition) is 1. The molecule has 3 aromatic carbocycles. The van der Waals surface area contributed by atoms with Crippen LogP contribution in [0, 0.1) is 12.8 Å². The fourth-order valence-electron chi connectivity index (χ4n) is 5.45. The summed E-state index contributed by atoms with van der Waals surface area (Å²) in [5.74, 6) is 1.09. The van der Waals surface area contributed by atoms with E-state index in [1.54, 1.807) is 0 Å². The van der Waals surface area contributed by atoms with Crippen LogP contribution in [-0.4, -0.2) is 18.0 Å². The lowest BCUT2D eigenvalue weighted by atomic mass is 9.85. The SMILES string of the molecule is Cc1cc(-c2ccc(C(F)(F)F)cc2Cl)cc2c1CC1CCN(Cc3ccccc3)CC21. The Labute approximate surface area is 191 Å². The fraction of sp³-hybridized carbons (Fsp3) is 0.333. The van der Waals surface area contributed by atoms with E-state index in [2.05, 4.69) is 48.2 Å². The predicted octanol–water partition coefficient (Wildman–Crippen LogP) is 7.50. The van der Waals surface area contributed by atoms with Crippen molar-refractivity contribution in [2.45, 2.75) is 38.4 Å². The Morgan fingerprint density at radius 1 is 1.03 bits per heavy atom. The van der Waals surface area contributed by atoms with Crippen LogP contribution in [0.3, 0.4) is 0 Å². The van der Waals surface area contributed by atoms with Crippen molar-refractivity contribution >= 4 is 11.6 Å². The van der Waals surface area contributed by atoms with Crippen LogP contribution in [0.4, 0.5) is 13.2 Å². The average Bonchev–Trinajstić information content (AvgIpc) is 3.12. The van der Waals surface area contributed by atoms with E-state index in [0.717, 1.165) is 43.8 Å². The summed E-state index contributed by atoms with van der Waals surface area (Å²) in [6.45, 7) is 5.17. The second kappa shape index (κ2) is 8.24. The summed E-state index contributed by atoms with van der Waals surface area (Å²) >= 11 is 6.32. The highest BCUT2D eigenvalue weighted by atomic mass is 35.5. The van der Waals surface area contributed by atoms with Crippen LogP contribution in [0.15, 0.2) is 60.7 Å². The van der Waals surface area contributed by atoms with E-state index in [1.165, 1.54) is 34.7 Å². The molecule has 0 amide bonds. The molecular formula is C27H25ClF3N. The molecule has 1 heterocycles. The number of hydrogen-bond donors (Lipinski definition) is 0. The minimum Gasteiger partial charge on any atom is -0.298 e. The van der Waals surface area contributed by atoms with Crippen LogP contribution < -0.4 is 0 Å². The Morgan fingerprint density at radius 3 is 2.53 bits per heavy atom. The van der Waals surface area contributed by atoms with Crippen LogP contribution >= 0.6 is 11.6 Å². The van der Waals surface area contributed by atoms with E-state index in [1.807, 2.05) is 6.07 Å². The number of benzene rings is 3. The molecule has 0 saturated carbocycles. The van der Waals surface area contributed by atoms with Crippen molar-refractivity contribution in [2.24, 2.45) is 5.92 Å². The first-order chi connectivity index (χ1) is 15.3. The molecule has 1 aliphatic heterocycles. The molecule has 0 spiro atoms. The molecule has 0 radical (unpaired) electrons. The van der Waals surface area contributed by atoms with Crippen LogP contribution in [0.2, 0.25) is 5.02 Å². The molecule has 1 aliphatic carbocycles. The second-order valence-electron chi connectivity index (χ2n) is 9.13. The largest absolute Gasteiger partial charge is 0.416 e. The number of fused-ring (bicyclic) bond motifs is 3. The second-order valence-corrected chi connectivity index (χ2v) is 9.54. The van der Waals surface area contributed by atoms with Gasteiger partial charge in [0.1, 0.15) is 0 Å². The van der Waals surface area contributed by atoms with E-state index in [0.29, 0.717) is 17.4 Å². The van der Waals surface area contributed by atoms with Gasteiger partial charge in [0, 0.05) is 29.6 Å². The number of aryl methyl sites for hydroxylation is 1. The van der Waals surface area contributed by atoms with Crippen molar-refractivity contribution in [3.8, 4) is 11.1 Å². The quantitative estimate of drug-likeness (QED) is 0.395. The highest BCUT2D eigenvalue weighted by Gasteiger charge is 2.38. The highest BCUT2D eigenvalue weighted by molar-refractivity contribution is 6.33. The maximum Gasteiger partial charge on any atom is 0.416 e. The predicted molar refractivity (Wildman–Crippen MR) is 123 cm³/mol. The Bertz CT molecular complexity index is 1140. The zero-order chi connectivity index (χ0) is 22.5. The van der Waals surface area contributed by atoms with Crippen molar-refractivity contribution < 1.29 is 13.2 Å². The molecule has 0 aromatic heterocycles. The van der Waals surface area contributed by atoms with Crippen molar-refractivity contribution in [2.75, 3.05) is 13.1 Å². The van der Waals surface area contributed by atoms with Gasteiger partial charge >= 0.3 is 6.18 Å². The molecule has 0 N–H and O–H groups in total. The number of piperidine rings is 1. The van der Waals surface area contributed by atoms with Crippen molar-refractivity contribution in [1.29, 1.82) is 0 Å². The maximum absolute atomic E-state index is 13.1. The van der Waals surface area contributed by atoms with Crippen LogP contribution in [-0.2, 0) is 19.1 Å². The van der Waals surface area contributed by atoms with Crippen molar-refractivity contribution in [3.63, 3.8) is 0 Å². The minimum absolute atomic E-state index is 0.142. The highest BCUT2D eigenvalue weighted by Crippen LogP contribution is 2.46. The molecule has 2 atom stereocenters. The molecule has 5 rings (SSSR count). The van der Waals surface area contributed by atoms with Crippen molar-refractivity contribution in [3.05, 3.63) is 93.5 Å². The Hall–Kier alpha value is -2.30. The number of rotatable bonds is 3. The van der Waals surface area contributed by atoms with Gasteiger partial charge in [-0.3, -0.25) is 4.90 Å². The van der Waals surface area contributed by atoms with Crippen molar-refractivity contribution in [1.82, 2.24) is 4.90 Å². The molecule has 166 valence electrons. The molecule has 2 unspecified atom stereocenters. The lowest BCUT2D eigenvalue weighted by Gasteiger charge is -2.35. The van der Waals surface area contributed by atoms with Gasteiger partial charge in [-0.1, -0.05) is 60.1 Å². The first-order valence-electron chi connectivity index (χ1n) is 11.1. The number of alkyl halides is 3. The first kappa shape index (κ1) is 21.5. The topological polar surface area (TPSA) is 3.24 Å². The van der Waals surface area contributed by atoms with Gasteiger partial charge in [-0.2, -0.15) is 13.2 Å². The Morgan fingerprint density at radius 2 is 1.81 bits per heavy atom. The number of nitrogens with zero attached hydrogens (tertiary/aromatic N) is 1. The standard InChI is InChI=1S/C27H25ClF3N/c1-17-11-20(22-8-7-21(14-26(22)28)27(29,30)31)13-24-23(17)12-19-9-10-32(16-25(19)24)15-18-5-3-2-4-6-18/h2-8,11,13-14,19,25H,9-10,12,15-16H2,1H3. The monoisotopic (exact) mass is 455 g/mol. The molecule has 1 nitrogen and oxygen atoms in total. The third-order valence-electron chi connectivity index (χ3n) is 7.07. The van der Waals surface area contributed by atoms with Gasteiger partial charge in [-0.25, -0.2) is 0 Å². The Balaban J connectivity index is 1.45. The van der Waals surface area contributed by atoms with E-state index >= 15 is 0 Å². The molecule has 1 saturated heterocycles. The summed E-state index contributed by atoms with van der Waals surface area (Å²) in [4.78, 5) is 2.53. The number of halogens is 4. The summed E-state index contributed by atoms with van der Waals surface area (Å²) in [5, 5.41) is 0.142. The smallest absolute Gasteiger partial charge is 0.298 e. The average molecular weight is 456 g/mol. The molecule has 5 heteroatoms. The first-order valence-corrected chi connectivity index (χ1v) is 11.4. The Kier molecular flexibility index (Phi) is 5.55. The maximum atomic E-state index is 13.1. The lowest BCUT2D eigenvalue weighted by Crippen LogP contribution is -2.37. The molecule has 32 heavy (non-hydrogen) atoms. The van der Waals surface area contributed by atoms with Gasteiger partial charge in [0.05, 0.1) is 5.56 Å². The zero-order valence-electron chi connectivity index (χ0n) is 17.9.